The predicted octanol–water partition coefficient (Wildman–Crippen LogP) is 3.28. The van der Waals surface area contributed by atoms with Crippen LogP contribution >= 0.6 is 11.5 Å². The lowest BCUT2D eigenvalue weighted by molar-refractivity contribution is 0.211. The highest BCUT2D eigenvalue weighted by Crippen LogP contribution is 2.35. The molecule has 1 aromatic heterocycles. The molecule has 1 N–H and O–H groups in total. The van der Waals surface area contributed by atoms with Crippen LogP contribution in [0.3, 0.4) is 0 Å². The van der Waals surface area contributed by atoms with E-state index in [1.54, 1.807) is 0 Å². The highest BCUT2D eigenvalue weighted by molar-refractivity contribution is 7.09. The van der Waals surface area contributed by atoms with Gasteiger partial charge in [0.25, 0.3) is 0 Å². The molecule has 1 aromatic rings. The highest BCUT2D eigenvalue weighted by Gasteiger charge is 2.32. The van der Waals surface area contributed by atoms with Crippen LogP contribution in [-0.2, 0) is 0 Å². The van der Waals surface area contributed by atoms with Crippen LogP contribution in [0.15, 0.2) is 0 Å². The number of rotatable bonds is 2. The molecule has 1 saturated heterocycles. The first-order valence-corrected chi connectivity index (χ1v) is 8.36. The smallest absolute Gasteiger partial charge is 0.323 e. The Bertz CT molecular complexity index is 469. The van der Waals surface area contributed by atoms with Gasteiger partial charge in [0, 0.05) is 24.6 Å². The number of aromatic nitrogens is 2. The third kappa shape index (κ3) is 3.11. The number of carbonyl (C=O) groups excluding carboxylic acids is 1. The van der Waals surface area contributed by atoms with Gasteiger partial charge in [-0.05, 0) is 25.2 Å². The van der Waals surface area contributed by atoms with E-state index in [-0.39, 0.29) is 6.03 Å². The quantitative estimate of drug-likeness (QED) is 0.910. The number of carbonyl (C=O) groups is 1. The number of amides is 2. The van der Waals surface area contributed by atoms with Crippen molar-refractivity contribution in [1.82, 2.24) is 14.3 Å². The van der Waals surface area contributed by atoms with Gasteiger partial charge in [-0.15, -0.1) is 0 Å². The standard InChI is InChI=1S/C14H22N4OS/c1-10-15-13(20-17-10)16-14(19)18-8-7-12(9-18)11-5-3-2-4-6-11/h11-12H,2-9H2,1H3,(H,15,16,17,19). The zero-order valence-electron chi connectivity index (χ0n) is 12.0. The molecule has 0 radical (unpaired) electrons. The number of hydrogen-bond acceptors (Lipinski definition) is 4. The van der Waals surface area contributed by atoms with Crippen LogP contribution < -0.4 is 5.32 Å². The molecule has 1 aliphatic carbocycles. The van der Waals surface area contributed by atoms with E-state index >= 15 is 0 Å². The van der Waals surface area contributed by atoms with E-state index in [2.05, 4.69) is 14.7 Å². The number of hydrogen-bond donors (Lipinski definition) is 1. The molecule has 2 fully saturated rings. The van der Waals surface area contributed by atoms with Crippen LogP contribution in [0.1, 0.15) is 44.3 Å². The summed E-state index contributed by atoms with van der Waals surface area (Å²) in [4.78, 5) is 18.3. The Balaban J connectivity index is 1.52. The summed E-state index contributed by atoms with van der Waals surface area (Å²) in [6.45, 7) is 3.63. The highest BCUT2D eigenvalue weighted by atomic mass is 32.1. The largest absolute Gasteiger partial charge is 0.324 e. The van der Waals surface area contributed by atoms with E-state index in [0.717, 1.165) is 25.4 Å². The molecule has 5 nitrogen and oxygen atoms in total. The molecule has 0 bridgehead atoms. The van der Waals surface area contributed by atoms with E-state index < -0.39 is 0 Å². The molecule has 2 amide bonds. The Labute approximate surface area is 123 Å². The zero-order valence-corrected chi connectivity index (χ0v) is 12.8. The number of aryl methyl sites for hydroxylation is 1. The number of anilines is 1. The summed E-state index contributed by atoms with van der Waals surface area (Å²) < 4.78 is 4.08. The van der Waals surface area contributed by atoms with Crippen molar-refractivity contribution in [1.29, 1.82) is 0 Å². The molecule has 6 heteroatoms. The Kier molecular flexibility index (Phi) is 4.19. The minimum absolute atomic E-state index is 0.0144. The van der Waals surface area contributed by atoms with Crippen LogP contribution in [0.2, 0.25) is 0 Å². The van der Waals surface area contributed by atoms with Crippen molar-refractivity contribution in [3.05, 3.63) is 5.82 Å². The first-order valence-electron chi connectivity index (χ1n) is 7.58. The second-order valence-corrected chi connectivity index (χ2v) is 6.72. The van der Waals surface area contributed by atoms with Gasteiger partial charge in [-0.25, -0.2) is 9.78 Å². The summed E-state index contributed by atoms with van der Waals surface area (Å²) >= 11 is 1.25. The van der Waals surface area contributed by atoms with Crippen molar-refractivity contribution in [2.45, 2.75) is 45.4 Å². The number of urea groups is 1. The summed E-state index contributed by atoms with van der Waals surface area (Å²) in [6, 6.07) is -0.0144. The summed E-state index contributed by atoms with van der Waals surface area (Å²) in [6.07, 6.45) is 8.01. The molecule has 3 rings (SSSR count). The van der Waals surface area contributed by atoms with Gasteiger partial charge >= 0.3 is 6.03 Å². The maximum Gasteiger partial charge on any atom is 0.323 e. The van der Waals surface area contributed by atoms with Gasteiger partial charge in [0.1, 0.15) is 5.82 Å². The molecule has 2 aliphatic rings. The fourth-order valence-corrected chi connectivity index (χ4v) is 4.05. The molecule has 2 heterocycles. The van der Waals surface area contributed by atoms with Crippen molar-refractivity contribution in [2.24, 2.45) is 11.8 Å². The first-order chi connectivity index (χ1) is 9.72. The van der Waals surface area contributed by atoms with Crippen LogP contribution in [-0.4, -0.2) is 33.4 Å². The molecule has 1 unspecified atom stereocenters. The fourth-order valence-electron chi connectivity index (χ4n) is 3.48. The topological polar surface area (TPSA) is 58.1 Å². The minimum Gasteiger partial charge on any atom is -0.324 e. The molecule has 0 aromatic carbocycles. The van der Waals surface area contributed by atoms with Crippen molar-refractivity contribution < 1.29 is 4.79 Å². The average molecular weight is 294 g/mol. The van der Waals surface area contributed by atoms with E-state index in [9.17, 15) is 4.79 Å². The average Bonchev–Trinajstić information content (AvgIpc) is 3.09. The number of likely N-dealkylation sites (tertiary alicyclic amines) is 1. The summed E-state index contributed by atoms with van der Waals surface area (Å²) in [5, 5.41) is 3.47. The Morgan fingerprint density at radius 1 is 1.25 bits per heavy atom. The van der Waals surface area contributed by atoms with Crippen molar-refractivity contribution in [2.75, 3.05) is 18.4 Å². The van der Waals surface area contributed by atoms with Gasteiger partial charge in [0.15, 0.2) is 0 Å². The number of nitrogens with zero attached hydrogens (tertiary/aromatic N) is 3. The Morgan fingerprint density at radius 3 is 2.75 bits per heavy atom. The molecular weight excluding hydrogens is 272 g/mol. The number of nitrogens with one attached hydrogen (secondary N) is 1. The van der Waals surface area contributed by atoms with Gasteiger partial charge in [0.2, 0.25) is 5.13 Å². The Morgan fingerprint density at radius 2 is 2.05 bits per heavy atom. The third-order valence-electron chi connectivity index (χ3n) is 4.57. The first kappa shape index (κ1) is 13.8. The predicted molar refractivity (Wildman–Crippen MR) is 79.9 cm³/mol. The molecule has 0 spiro atoms. The lowest BCUT2D eigenvalue weighted by atomic mass is 9.80. The maximum absolute atomic E-state index is 12.2. The molecule has 20 heavy (non-hydrogen) atoms. The van der Waals surface area contributed by atoms with Crippen LogP contribution in [0.5, 0.6) is 0 Å². The van der Waals surface area contributed by atoms with E-state index in [4.69, 9.17) is 0 Å². The third-order valence-corrected chi connectivity index (χ3v) is 5.29. The monoisotopic (exact) mass is 294 g/mol. The maximum atomic E-state index is 12.2. The molecule has 110 valence electrons. The van der Waals surface area contributed by atoms with Crippen LogP contribution in [0, 0.1) is 18.8 Å². The molecule has 1 aliphatic heterocycles. The van der Waals surface area contributed by atoms with Crippen LogP contribution in [0.25, 0.3) is 0 Å². The summed E-state index contributed by atoms with van der Waals surface area (Å²) in [5.41, 5.74) is 0. The van der Waals surface area contributed by atoms with Crippen LogP contribution in [0.4, 0.5) is 9.93 Å². The van der Waals surface area contributed by atoms with Gasteiger partial charge < -0.3 is 4.90 Å². The molecule has 1 atom stereocenters. The molecular formula is C14H22N4OS. The normalized spacial score (nSPS) is 24.1. The fraction of sp³-hybridized carbons (Fsp3) is 0.786. The summed E-state index contributed by atoms with van der Waals surface area (Å²) in [5.74, 6) is 2.26. The van der Waals surface area contributed by atoms with Crippen molar-refractivity contribution in [3.8, 4) is 0 Å². The molecule has 1 saturated carbocycles. The van der Waals surface area contributed by atoms with E-state index in [0.29, 0.717) is 16.9 Å². The summed E-state index contributed by atoms with van der Waals surface area (Å²) in [7, 11) is 0. The lowest BCUT2D eigenvalue weighted by Crippen LogP contribution is -2.33. The zero-order chi connectivity index (χ0) is 13.9. The van der Waals surface area contributed by atoms with Crippen molar-refractivity contribution >= 4 is 22.7 Å². The second-order valence-electron chi connectivity index (χ2n) is 5.97. The van der Waals surface area contributed by atoms with Gasteiger partial charge in [0.05, 0.1) is 0 Å². The van der Waals surface area contributed by atoms with Crippen molar-refractivity contribution in [3.63, 3.8) is 0 Å². The minimum atomic E-state index is -0.0144. The van der Waals surface area contributed by atoms with Gasteiger partial charge in [-0.2, -0.15) is 4.37 Å². The SMILES string of the molecule is Cc1nsc(NC(=O)N2CCC(C3CCCCC3)C2)n1. The van der Waals surface area contributed by atoms with Gasteiger partial charge in [-0.1, -0.05) is 32.1 Å². The van der Waals surface area contributed by atoms with E-state index in [1.165, 1.54) is 43.6 Å². The Hall–Kier alpha value is -1.17. The van der Waals surface area contributed by atoms with E-state index in [1.807, 2.05) is 11.8 Å². The lowest BCUT2D eigenvalue weighted by Gasteiger charge is -2.27. The second kappa shape index (κ2) is 6.08. The van der Waals surface area contributed by atoms with Gasteiger partial charge in [-0.3, -0.25) is 5.32 Å².